The summed E-state index contributed by atoms with van der Waals surface area (Å²) in [5, 5.41) is 1.96. The van der Waals surface area contributed by atoms with E-state index in [1.54, 1.807) is 29.5 Å². The highest BCUT2D eigenvalue weighted by atomic mass is 32.2. The van der Waals surface area contributed by atoms with E-state index >= 15 is 0 Å². The molecule has 114 valence electrons. The third-order valence-electron chi connectivity index (χ3n) is 3.21. The minimum Gasteiger partial charge on any atom is -0.326 e. The van der Waals surface area contributed by atoms with Crippen molar-refractivity contribution in [1.29, 1.82) is 0 Å². The van der Waals surface area contributed by atoms with Crippen LogP contribution in [0.15, 0.2) is 46.7 Å². The number of benzene rings is 1. The first-order valence-electron chi connectivity index (χ1n) is 6.91. The van der Waals surface area contributed by atoms with Crippen LogP contribution in [-0.2, 0) is 16.6 Å². The zero-order chi connectivity index (χ0) is 15.3. The molecule has 0 aliphatic rings. The van der Waals surface area contributed by atoms with Crippen molar-refractivity contribution in [2.24, 2.45) is 5.73 Å². The summed E-state index contributed by atoms with van der Waals surface area (Å²) in [6.07, 6.45) is 1.68. The van der Waals surface area contributed by atoms with Gasteiger partial charge in [0.15, 0.2) is 0 Å². The lowest BCUT2D eigenvalue weighted by Gasteiger charge is -2.17. The highest BCUT2D eigenvalue weighted by Crippen LogP contribution is 2.25. The summed E-state index contributed by atoms with van der Waals surface area (Å²) in [6, 6.07) is 10.5. The van der Waals surface area contributed by atoms with Gasteiger partial charge in [0.2, 0.25) is 10.0 Å². The Hall–Kier alpha value is -1.21. The lowest BCUT2D eigenvalue weighted by molar-refractivity contribution is 0.540. The zero-order valence-electron chi connectivity index (χ0n) is 12.0. The van der Waals surface area contributed by atoms with Gasteiger partial charge in [0, 0.05) is 11.4 Å². The third kappa shape index (κ3) is 4.14. The maximum Gasteiger partial charge on any atom is 0.241 e. The van der Waals surface area contributed by atoms with Crippen LogP contribution in [0.4, 0.5) is 0 Å². The zero-order valence-corrected chi connectivity index (χ0v) is 13.6. The molecule has 0 aliphatic heterocycles. The molecule has 0 saturated carbocycles. The van der Waals surface area contributed by atoms with Crippen LogP contribution >= 0.6 is 11.3 Å². The molecule has 1 atom stereocenters. The predicted molar refractivity (Wildman–Crippen MR) is 86.6 cm³/mol. The Balaban J connectivity index is 2.25. The molecule has 0 spiro atoms. The van der Waals surface area contributed by atoms with E-state index in [2.05, 4.69) is 4.72 Å². The lowest BCUT2D eigenvalue weighted by Crippen LogP contribution is -2.28. The third-order valence-corrected chi connectivity index (χ3v) is 5.66. The number of rotatable bonds is 7. The Kier molecular flexibility index (Phi) is 5.52. The van der Waals surface area contributed by atoms with Gasteiger partial charge in [-0.1, -0.05) is 31.5 Å². The van der Waals surface area contributed by atoms with E-state index in [9.17, 15) is 8.42 Å². The fourth-order valence-corrected chi connectivity index (χ4v) is 4.34. The van der Waals surface area contributed by atoms with Gasteiger partial charge in [-0.15, -0.1) is 11.3 Å². The summed E-state index contributed by atoms with van der Waals surface area (Å²) in [4.78, 5) is 1.30. The van der Waals surface area contributed by atoms with Gasteiger partial charge >= 0.3 is 0 Å². The molecule has 1 aromatic heterocycles. The fourth-order valence-electron chi connectivity index (χ4n) is 2.13. The van der Waals surface area contributed by atoms with Crippen molar-refractivity contribution in [2.75, 3.05) is 0 Å². The van der Waals surface area contributed by atoms with Crippen molar-refractivity contribution in [3.63, 3.8) is 0 Å². The average Bonchev–Trinajstić information content (AvgIpc) is 3.01. The van der Waals surface area contributed by atoms with E-state index in [4.69, 9.17) is 5.73 Å². The summed E-state index contributed by atoms with van der Waals surface area (Å²) >= 11 is 1.57. The second kappa shape index (κ2) is 7.17. The molecule has 1 aromatic carbocycles. The lowest BCUT2D eigenvalue weighted by atomic mass is 10.1. The second-order valence-corrected chi connectivity index (χ2v) is 7.52. The van der Waals surface area contributed by atoms with E-state index in [-0.39, 0.29) is 10.9 Å². The molecule has 0 fully saturated rings. The quantitative estimate of drug-likeness (QED) is 0.822. The number of hydrogen-bond acceptors (Lipinski definition) is 4. The molecule has 0 aliphatic carbocycles. The molecule has 21 heavy (non-hydrogen) atoms. The molecular formula is C15H20N2O2S2. The van der Waals surface area contributed by atoms with Gasteiger partial charge in [-0.3, -0.25) is 0 Å². The highest BCUT2D eigenvalue weighted by molar-refractivity contribution is 7.89. The largest absolute Gasteiger partial charge is 0.326 e. The van der Waals surface area contributed by atoms with Crippen molar-refractivity contribution >= 4 is 21.4 Å². The Bertz CT molecular complexity index is 667. The van der Waals surface area contributed by atoms with E-state index in [1.165, 1.54) is 0 Å². The van der Waals surface area contributed by atoms with Crippen LogP contribution in [-0.4, -0.2) is 8.42 Å². The molecule has 2 rings (SSSR count). The maximum absolute atomic E-state index is 12.5. The van der Waals surface area contributed by atoms with Crippen molar-refractivity contribution in [1.82, 2.24) is 4.72 Å². The number of sulfonamides is 1. The average molecular weight is 324 g/mol. The standard InChI is InChI=1S/C15H20N2O2S2/c1-2-5-14(15-8-4-9-20-15)17-21(18,19)13-7-3-6-12(10-13)11-16/h3-4,6-10,14,17H,2,5,11,16H2,1H3. The molecule has 1 heterocycles. The molecule has 0 saturated heterocycles. The molecule has 0 radical (unpaired) electrons. The van der Waals surface area contributed by atoms with E-state index < -0.39 is 10.0 Å². The van der Waals surface area contributed by atoms with Gasteiger partial charge in [0.05, 0.1) is 10.9 Å². The number of nitrogens with two attached hydrogens (primary N) is 1. The van der Waals surface area contributed by atoms with Gasteiger partial charge in [-0.2, -0.15) is 0 Å². The second-order valence-electron chi connectivity index (χ2n) is 4.83. The Morgan fingerprint density at radius 3 is 2.71 bits per heavy atom. The molecule has 0 amide bonds. The monoisotopic (exact) mass is 324 g/mol. The minimum absolute atomic E-state index is 0.179. The Morgan fingerprint density at radius 1 is 1.29 bits per heavy atom. The van der Waals surface area contributed by atoms with Crippen molar-refractivity contribution < 1.29 is 8.42 Å². The number of thiophene rings is 1. The van der Waals surface area contributed by atoms with Crippen LogP contribution in [0.5, 0.6) is 0 Å². The van der Waals surface area contributed by atoms with Gasteiger partial charge < -0.3 is 5.73 Å². The van der Waals surface area contributed by atoms with Crippen LogP contribution < -0.4 is 10.5 Å². The van der Waals surface area contributed by atoms with Gasteiger partial charge in [-0.05, 0) is 35.6 Å². The number of nitrogens with one attached hydrogen (secondary N) is 1. The van der Waals surface area contributed by atoms with Crippen LogP contribution in [0.3, 0.4) is 0 Å². The van der Waals surface area contributed by atoms with E-state index in [0.29, 0.717) is 6.54 Å². The minimum atomic E-state index is -3.54. The van der Waals surface area contributed by atoms with Gasteiger partial charge in [0.25, 0.3) is 0 Å². The summed E-state index contributed by atoms with van der Waals surface area (Å²) < 4.78 is 27.9. The van der Waals surface area contributed by atoms with E-state index in [1.807, 2.05) is 30.5 Å². The molecule has 1 unspecified atom stereocenters. The van der Waals surface area contributed by atoms with Crippen LogP contribution in [0.25, 0.3) is 0 Å². The van der Waals surface area contributed by atoms with Crippen molar-refractivity contribution in [3.05, 3.63) is 52.2 Å². The summed E-state index contributed by atoms with van der Waals surface area (Å²) in [6.45, 7) is 2.37. The Labute approximate surface area is 130 Å². The predicted octanol–water partition coefficient (Wildman–Crippen LogP) is 3.03. The van der Waals surface area contributed by atoms with Crippen LogP contribution in [0.2, 0.25) is 0 Å². The summed E-state index contributed by atoms with van der Waals surface area (Å²) in [5.74, 6) is 0. The topological polar surface area (TPSA) is 72.2 Å². The first kappa shape index (κ1) is 16.2. The van der Waals surface area contributed by atoms with E-state index in [0.717, 1.165) is 23.3 Å². The first-order valence-corrected chi connectivity index (χ1v) is 9.28. The van der Waals surface area contributed by atoms with Crippen molar-refractivity contribution in [3.8, 4) is 0 Å². The Morgan fingerprint density at radius 2 is 2.10 bits per heavy atom. The molecule has 0 bridgehead atoms. The smallest absolute Gasteiger partial charge is 0.241 e. The summed E-state index contributed by atoms with van der Waals surface area (Å²) in [7, 11) is -3.54. The van der Waals surface area contributed by atoms with Crippen molar-refractivity contribution in [2.45, 2.75) is 37.2 Å². The van der Waals surface area contributed by atoms with Gasteiger partial charge in [0.1, 0.15) is 0 Å². The van der Waals surface area contributed by atoms with Gasteiger partial charge in [-0.25, -0.2) is 13.1 Å². The highest BCUT2D eigenvalue weighted by Gasteiger charge is 2.21. The van der Waals surface area contributed by atoms with Crippen LogP contribution in [0.1, 0.15) is 36.2 Å². The molecule has 4 nitrogen and oxygen atoms in total. The SMILES string of the molecule is CCCC(NS(=O)(=O)c1cccc(CN)c1)c1cccs1. The fraction of sp³-hybridized carbons (Fsp3) is 0.333. The molecule has 3 N–H and O–H groups in total. The maximum atomic E-state index is 12.5. The first-order chi connectivity index (χ1) is 10.1. The molecule has 2 aromatic rings. The van der Waals surface area contributed by atoms with Crippen LogP contribution in [0, 0.1) is 0 Å². The summed E-state index contributed by atoms with van der Waals surface area (Å²) in [5.41, 5.74) is 6.38. The molecular weight excluding hydrogens is 304 g/mol. The number of hydrogen-bond donors (Lipinski definition) is 2. The molecule has 6 heteroatoms. The normalized spacial score (nSPS) is 13.2.